The number of hydrogen-bond acceptors (Lipinski definition) is 5. The Hall–Kier alpha value is -0.180. The van der Waals surface area contributed by atoms with Crippen LogP contribution in [0.1, 0.15) is 12.1 Å². The lowest BCUT2D eigenvalue weighted by molar-refractivity contribution is -0.120. The molecular weight excluding hydrogens is 417 g/mol. The van der Waals surface area contributed by atoms with Crippen molar-refractivity contribution in [2.45, 2.75) is 12.8 Å². The summed E-state index contributed by atoms with van der Waals surface area (Å²) < 4.78 is 1.06. The number of nitrogens with two attached hydrogens (primary N) is 1. The zero-order valence-corrected chi connectivity index (χ0v) is 15.9. The monoisotopic (exact) mass is 431 g/mol. The maximum atomic E-state index is 11.6. The molecule has 2 rings (SSSR count). The van der Waals surface area contributed by atoms with Crippen LogP contribution in [0.2, 0.25) is 0 Å². The second-order valence-corrected chi connectivity index (χ2v) is 6.63. The Labute approximate surface area is 152 Å². The van der Waals surface area contributed by atoms with E-state index in [4.69, 9.17) is 5.73 Å². The average molecular weight is 433 g/mol. The normalized spacial score (nSPS) is 9.62. The quantitative estimate of drug-likeness (QED) is 0.686. The molecule has 3 N–H and O–H groups in total. The number of nitrogens with zero attached hydrogens (tertiary/aromatic N) is 1. The molecule has 0 spiro atoms. The van der Waals surface area contributed by atoms with Gasteiger partial charge in [-0.05, 0) is 35.0 Å². The Morgan fingerprint density at radius 2 is 2.10 bits per heavy atom. The highest BCUT2D eigenvalue weighted by atomic mass is 79.9. The number of aromatic nitrogens is 1. The molecule has 21 heavy (non-hydrogen) atoms. The van der Waals surface area contributed by atoms with Gasteiger partial charge in [-0.15, -0.1) is 47.5 Å². The first-order valence-corrected chi connectivity index (χ1v) is 8.40. The van der Waals surface area contributed by atoms with E-state index in [1.165, 1.54) is 0 Å². The summed E-state index contributed by atoms with van der Waals surface area (Å²) in [4.78, 5) is 17.2. The van der Waals surface area contributed by atoms with Crippen molar-refractivity contribution in [2.75, 3.05) is 13.1 Å². The minimum Gasteiger partial charge on any atom is -0.356 e. The molecule has 2 aromatic rings. The van der Waals surface area contributed by atoms with Crippen molar-refractivity contribution in [3.05, 3.63) is 27.0 Å². The van der Waals surface area contributed by atoms with Gasteiger partial charge in [0.25, 0.3) is 0 Å². The van der Waals surface area contributed by atoms with Crippen molar-refractivity contribution in [3.8, 4) is 9.88 Å². The van der Waals surface area contributed by atoms with Gasteiger partial charge in [0.05, 0.1) is 17.0 Å². The number of halogens is 3. The van der Waals surface area contributed by atoms with Gasteiger partial charge in [0, 0.05) is 21.8 Å². The molecule has 0 saturated carbocycles. The van der Waals surface area contributed by atoms with Gasteiger partial charge in [0.2, 0.25) is 5.91 Å². The van der Waals surface area contributed by atoms with Gasteiger partial charge in [-0.25, -0.2) is 4.98 Å². The van der Waals surface area contributed by atoms with Gasteiger partial charge in [0.1, 0.15) is 5.01 Å². The summed E-state index contributed by atoms with van der Waals surface area (Å²) in [5.74, 6) is -0.00217. The summed E-state index contributed by atoms with van der Waals surface area (Å²) in [6.07, 6.45) is 1.13. The van der Waals surface area contributed by atoms with Crippen LogP contribution < -0.4 is 11.1 Å². The molecule has 0 atom stereocenters. The van der Waals surface area contributed by atoms with Crippen LogP contribution in [0.4, 0.5) is 0 Å². The number of rotatable bonds is 6. The number of amides is 1. The number of thiazole rings is 1. The molecule has 0 radical (unpaired) electrons. The number of nitrogens with one attached hydrogen (secondary N) is 1. The molecule has 1 amide bonds. The predicted molar refractivity (Wildman–Crippen MR) is 98.0 cm³/mol. The Kier molecular flexibility index (Phi) is 10.4. The van der Waals surface area contributed by atoms with Gasteiger partial charge < -0.3 is 11.1 Å². The molecule has 118 valence electrons. The lowest BCUT2D eigenvalue weighted by atomic mass is 10.3. The summed E-state index contributed by atoms with van der Waals surface area (Å²) in [5, 5.41) is 7.74. The fourth-order valence-electron chi connectivity index (χ4n) is 1.48. The van der Waals surface area contributed by atoms with Gasteiger partial charge >= 0.3 is 0 Å². The molecule has 0 aliphatic rings. The summed E-state index contributed by atoms with van der Waals surface area (Å²) in [6.45, 7) is 1.22. The minimum atomic E-state index is -0.00217. The van der Waals surface area contributed by atoms with Crippen LogP contribution in [-0.2, 0) is 11.2 Å². The predicted octanol–water partition coefficient (Wildman–Crippen LogP) is 3.49. The molecule has 0 aliphatic heterocycles. The molecule has 2 heterocycles. The fourth-order valence-corrected chi connectivity index (χ4v) is 3.81. The third-order valence-corrected chi connectivity index (χ3v) is 5.13. The first-order valence-electron chi connectivity index (χ1n) is 5.84. The van der Waals surface area contributed by atoms with Gasteiger partial charge in [-0.2, -0.15) is 0 Å². The lowest BCUT2D eigenvalue weighted by Crippen LogP contribution is -2.27. The molecule has 2 aromatic heterocycles. The van der Waals surface area contributed by atoms with Crippen molar-refractivity contribution in [2.24, 2.45) is 5.73 Å². The SMILES string of the molecule is Cl.Cl.NCCCNC(=O)Cc1csc(-c2cc(Br)cs2)n1. The van der Waals surface area contributed by atoms with Crippen LogP contribution in [0, 0.1) is 0 Å². The molecule has 0 aliphatic carbocycles. The van der Waals surface area contributed by atoms with Gasteiger partial charge in [-0.1, -0.05) is 0 Å². The number of carbonyl (C=O) groups excluding carboxylic acids is 1. The van der Waals surface area contributed by atoms with E-state index < -0.39 is 0 Å². The second kappa shape index (κ2) is 10.5. The van der Waals surface area contributed by atoms with E-state index in [2.05, 4.69) is 26.2 Å². The van der Waals surface area contributed by atoms with E-state index in [-0.39, 0.29) is 30.7 Å². The van der Waals surface area contributed by atoms with E-state index >= 15 is 0 Å². The topological polar surface area (TPSA) is 68.0 Å². The second-order valence-electron chi connectivity index (χ2n) is 3.94. The van der Waals surface area contributed by atoms with Crippen LogP contribution in [0.15, 0.2) is 21.3 Å². The highest BCUT2D eigenvalue weighted by Gasteiger charge is 2.10. The Bertz CT molecular complexity index is 562. The zero-order chi connectivity index (χ0) is 13.7. The van der Waals surface area contributed by atoms with Crippen LogP contribution in [-0.4, -0.2) is 24.0 Å². The number of hydrogen-bond donors (Lipinski definition) is 2. The number of carbonyl (C=O) groups is 1. The summed E-state index contributed by atoms with van der Waals surface area (Å²) in [5.41, 5.74) is 6.19. The van der Waals surface area contributed by atoms with E-state index in [1.807, 2.05) is 16.8 Å². The highest BCUT2D eigenvalue weighted by Crippen LogP contribution is 2.31. The molecule has 0 fully saturated rings. The Balaban J connectivity index is 0.00000200. The van der Waals surface area contributed by atoms with E-state index in [1.54, 1.807) is 22.7 Å². The Morgan fingerprint density at radius 3 is 2.71 bits per heavy atom. The maximum absolute atomic E-state index is 11.6. The molecule has 9 heteroatoms. The van der Waals surface area contributed by atoms with Crippen LogP contribution >= 0.6 is 63.4 Å². The van der Waals surface area contributed by atoms with Crippen molar-refractivity contribution < 1.29 is 4.79 Å². The van der Waals surface area contributed by atoms with Crippen molar-refractivity contribution in [3.63, 3.8) is 0 Å². The van der Waals surface area contributed by atoms with Crippen LogP contribution in [0.25, 0.3) is 9.88 Å². The summed E-state index contributed by atoms with van der Waals surface area (Å²) in [7, 11) is 0. The van der Waals surface area contributed by atoms with E-state index in [9.17, 15) is 4.79 Å². The van der Waals surface area contributed by atoms with Crippen molar-refractivity contribution in [1.82, 2.24) is 10.3 Å². The smallest absolute Gasteiger partial charge is 0.226 e. The fraction of sp³-hybridized carbons (Fsp3) is 0.333. The maximum Gasteiger partial charge on any atom is 0.226 e. The van der Waals surface area contributed by atoms with Crippen LogP contribution in [0.3, 0.4) is 0 Å². The molecule has 0 saturated heterocycles. The standard InChI is InChI=1S/C12H14BrN3OS2.2ClH/c13-8-4-10(18-6-8)12-16-9(7-19-12)5-11(17)15-3-1-2-14;;/h4,6-7H,1-3,5,14H2,(H,15,17);2*1H. The molecule has 0 unspecified atom stereocenters. The molecule has 0 aromatic carbocycles. The minimum absolute atomic E-state index is 0. The largest absolute Gasteiger partial charge is 0.356 e. The first-order chi connectivity index (χ1) is 9.19. The number of thiophene rings is 1. The van der Waals surface area contributed by atoms with Crippen molar-refractivity contribution >= 4 is 69.3 Å². The average Bonchev–Trinajstić information content (AvgIpc) is 2.98. The summed E-state index contributed by atoms with van der Waals surface area (Å²) in [6, 6.07) is 2.04. The molecule has 0 bridgehead atoms. The molecule has 4 nitrogen and oxygen atoms in total. The summed E-state index contributed by atoms with van der Waals surface area (Å²) >= 11 is 6.63. The van der Waals surface area contributed by atoms with Crippen molar-refractivity contribution in [1.29, 1.82) is 0 Å². The molecular formula is C12H16BrCl2N3OS2. The first kappa shape index (κ1) is 20.8. The van der Waals surface area contributed by atoms with E-state index in [0.717, 1.165) is 26.5 Å². The van der Waals surface area contributed by atoms with E-state index in [0.29, 0.717) is 19.5 Å². The lowest BCUT2D eigenvalue weighted by Gasteiger charge is -2.01. The zero-order valence-electron chi connectivity index (χ0n) is 11.0. The van der Waals surface area contributed by atoms with Gasteiger partial charge in [0.15, 0.2) is 0 Å². The Morgan fingerprint density at radius 1 is 1.33 bits per heavy atom. The third kappa shape index (κ3) is 6.63. The third-order valence-electron chi connectivity index (χ3n) is 2.37. The van der Waals surface area contributed by atoms with Crippen LogP contribution in [0.5, 0.6) is 0 Å². The van der Waals surface area contributed by atoms with Gasteiger partial charge in [-0.3, -0.25) is 4.79 Å². The highest BCUT2D eigenvalue weighted by molar-refractivity contribution is 9.10.